The van der Waals surface area contributed by atoms with E-state index in [0.29, 0.717) is 36.1 Å². The molecule has 1 saturated heterocycles. The first-order chi connectivity index (χ1) is 12.4. The number of sulfonamides is 1. The molecule has 2 N–H and O–H groups in total. The molecular weight excluding hydrogens is 377 g/mol. The molecule has 0 saturated carbocycles. The zero-order chi connectivity index (χ0) is 18.7. The van der Waals surface area contributed by atoms with Gasteiger partial charge in [-0.15, -0.1) is 11.3 Å². The number of piperazine rings is 1. The number of quaternary nitrogens is 1. The van der Waals surface area contributed by atoms with E-state index >= 15 is 0 Å². The van der Waals surface area contributed by atoms with Crippen LogP contribution in [0.4, 0.5) is 10.1 Å². The van der Waals surface area contributed by atoms with E-state index in [-0.39, 0.29) is 17.8 Å². The largest absolute Gasteiger partial charge is 0.323 e. The van der Waals surface area contributed by atoms with Crippen LogP contribution >= 0.6 is 11.3 Å². The minimum atomic E-state index is -3.44. The summed E-state index contributed by atoms with van der Waals surface area (Å²) in [6.07, 6.45) is 0. The molecule has 26 heavy (non-hydrogen) atoms. The van der Waals surface area contributed by atoms with Crippen LogP contribution in [0.5, 0.6) is 0 Å². The second-order valence-electron chi connectivity index (χ2n) is 6.21. The maximum absolute atomic E-state index is 12.9. The Morgan fingerprint density at radius 2 is 1.88 bits per heavy atom. The SMILES string of the molecule is C[C@@H](C(=O)Nc1ccc(F)cc1)[NH+]1CCN(S(=O)(=O)c2cccs2)CC1. The third-order valence-corrected chi connectivity index (χ3v) is 7.84. The van der Waals surface area contributed by atoms with Gasteiger partial charge in [-0.2, -0.15) is 4.31 Å². The number of halogens is 1. The number of nitrogens with one attached hydrogen (secondary N) is 2. The van der Waals surface area contributed by atoms with Crippen LogP contribution in [0.1, 0.15) is 6.92 Å². The van der Waals surface area contributed by atoms with E-state index in [1.165, 1.54) is 39.9 Å². The predicted octanol–water partition coefficient (Wildman–Crippen LogP) is 0.804. The van der Waals surface area contributed by atoms with Crippen LogP contribution in [0.25, 0.3) is 0 Å². The van der Waals surface area contributed by atoms with Crippen molar-refractivity contribution in [1.82, 2.24) is 4.31 Å². The van der Waals surface area contributed by atoms with Crippen LogP contribution in [0, 0.1) is 5.82 Å². The summed E-state index contributed by atoms with van der Waals surface area (Å²) < 4.78 is 39.9. The number of hydrogen-bond acceptors (Lipinski definition) is 4. The second-order valence-corrected chi connectivity index (χ2v) is 9.32. The number of thiophene rings is 1. The molecule has 0 unspecified atom stereocenters. The number of anilines is 1. The standard InChI is InChI=1S/C17H20FN3O3S2/c1-13(17(22)19-15-6-4-14(18)5-7-15)20-8-10-21(11-9-20)26(23,24)16-3-2-12-25-16/h2-7,12-13H,8-11H2,1H3,(H,19,22)/p+1/t13-/m0/s1. The number of benzene rings is 1. The van der Waals surface area contributed by atoms with Crippen LogP contribution in [-0.2, 0) is 14.8 Å². The molecule has 0 radical (unpaired) electrons. The fourth-order valence-corrected chi connectivity index (χ4v) is 5.54. The summed E-state index contributed by atoms with van der Waals surface area (Å²) in [6, 6.07) is 8.62. The summed E-state index contributed by atoms with van der Waals surface area (Å²) in [6.45, 7) is 3.69. The van der Waals surface area contributed by atoms with Crippen LogP contribution < -0.4 is 10.2 Å². The zero-order valence-electron chi connectivity index (χ0n) is 14.3. The van der Waals surface area contributed by atoms with Gasteiger partial charge in [0.2, 0.25) is 0 Å². The predicted molar refractivity (Wildman–Crippen MR) is 98.3 cm³/mol. The van der Waals surface area contributed by atoms with Crippen molar-refractivity contribution in [1.29, 1.82) is 0 Å². The number of amides is 1. The Hall–Kier alpha value is -1.81. The minimum Gasteiger partial charge on any atom is -0.323 e. The van der Waals surface area contributed by atoms with Gasteiger partial charge in [-0.3, -0.25) is 4.79 Å². The van der Waals surface area contributed by atoms with E-state index in [0.717, 1.165) is 4.90 Å². The van der Waals surface area contributed by atoms with E-state index in [4.69, 9.17) is 0 Å². The van der Waals surface area contributed by atoms with Gasteiger partial charge in [0, 0.05) is 5.69 Å². The first-order valence-corrected chi connectivity index (χ1v) is 10.6. The Labute approximate surface area is 156 Å². The minimum absolute atomic E-state index is 0.166. The van der Waals surface area contributed by atoms with Crippen molar-refractivity contribution < 1.29 is 22.5 Å². The molecule has 0 spiro atoms. The van der Waals surface area contributed by atoms with Crippen molar-refractivity contribution in [3.05, 3.63) is 47.6 Å². The normalized spacial score (nSPS) is 17.8. The maximum Gasteiger partial charge on any atom is 0.282 e. The molecular formula is C17H21FN3O3S2+. The number of carbonyl (C=O) groups excluding carboxylic acids is 1. The molecule has 0 bridgehead atoms. The summed E-state index contributed by atoms with van der Waals surface area (Å²) in [4.78, 5) is 13.4. The molecule has 1 fully saturated rings. The van der Waals surface area contributed by atoms with Gasteiger partial charge >= 0.3 is 0 Å². The molecule has 1 aliphatic heterocycles. The highest BCUT2D eigenvalue weighted by Crippen LogP contribution is 2.20. The van der Waals surface area contributed by atoms with Crippen molar-refractivity contribution >= 4 is 33.0 Å². The van der Waals surface area contributed by atoms with Crippen LogP contribution in [0.3, 0.4) is 0 Å². The Morgan fingerprint density at radius 3 is 2.46 bits per heavy atom. The molecule has 2 heterocycles. The molecule has 1 aliphatic rings. The summed E-state index contributed by atoms with van der Waals surface area (Å²) in [7, 11) is -3.44. The fraction of sp³-hybridized carbons (Fsp3) is 0.353. The lowest BCUT2D eigenvalue weighted by Gasteiger charge is -2.33. The van der Waals surface area contributed by atoms with Crippen LogP contribution in [0.2, 0.25) is 0 Å². The number of carbonyl (C=O) groups is 1. The van der Waals surface area contributed by atoms with E-state index in [2.05, 4.69) is 5.32 Å². The number of rotatable bonds is 5. The van der Waals surface area contributed by atoms with Gasteiger partial charge in [0.15, 0.2) is 6.04 Å². The molecule has 1 aromatic heterocycles. The zero-order valence-corrected chi connectivity index (χ0v) is 15.9. The average Bonchev–Trinajstić information content (AvgIpc) is 3.18. The van der Waals surface area contributed by atoms with Gasteiger partial charge in [0.05, 0.1) is 26.2 Å². The van der Waals surface area contributed by atoms with Gasteiger partial charge in [0.1, 0.15) is 10.0 Å². The molecule has 1 amide bonds. The Bertz CT molecular complexity index is 846. The number of hydrogen-bond donors (Lipinski definition) is 2. The maximum atomic E-state index is 12.9. The first-order valence-electron chi connectivity index (χ1n) is 8.32. The topological polar surface area (TPSA) is 70.9 Å². The van der Waals surface area contributed by atoms with Crippen molar-refractivity contribution in [2.75, 3.05) is 31.5 Å². The van der Waals surface area contributed by atoms with Gasteiger partial charge in [-0.1, -0.05) is 6.07 Å². The summed E-state index contributed by atoms with van der Waals surface area (Å²) in [5.41, 5.74) is 0.543. The molecule has 6 nitrogen and oxygen atoms in total. The van der Waals surface area contributed by atoms with Gasteiger partial charge in [-0.25, -0.2) is 12.8 Å². The van der Waals surface area contributed by atoms with E-state index in [1.54, 1.807) is 17.5 Å². The van der Waals surface area contributed by atoms with Crippen molar-refractivity contribution in [3.63, 3.8) is 0 Å². The molecule has 9 heteroatoms. The lowest BCUT2D eigenvalue weighted by atomic mass is 10.2. The first kappa shape index (κ1) is 19.0. The monoisotopic (exact) mass is 398 g/mol. The highest BCUT2D eigenvalue weighted by atomic mass is 32.2. The van der Waals surface area contributed by atoms with Crippen LogP contribution in [-0.4, -0.2) is 50.9 Å². The molecule has 1 aromatic carbocycles. The third kappa shape index (κ3) is 4.12. The van der Waals surface area contributed by atoms with E-state index in [9.17, 15) is 17.6 Å². The lowest BCUT2D eigenvalue weighted by molar-refractivity contribution is -0.917. The highest BCUT2D eigenvalue weighted by Gasteiger charge is 2.34. The molecule has 1 atom stereocenters. The van der Waals surface area contributed by atoms with Gasteiger partial charge < -0.3 is 10.2 Å². The summed E-state index contributed by atoms with van der Waals surface area (Å²) in [5, 5.41) is 4.52. The molecule has 3 rings (SSSR count). The molecule has 0 aliphatic carbocycles. The second kappa shape index (κ2) is 7.83. The Balaban J connectivity index is 1.57. The van der Waals surface area contributed by atoms with Crippen LogP contribution in [0.15, 0.2) is 46.0 Å². The third-order valence-electron chi connectivity index (χ3n) is 4.57. The number of nitrogens with zero attached hydrogens (tertiary/aromatic N) is 1. The average molecular weight is 399 g/mol. The quantitative estimate of drug-likeness (QED) is 0.783. The lowest BCUT2D eigenvalue weighted by Crippen LogP contribution is -3.19. The smallest absolute Gasteiger partial charge is 0.282 e. The van der Waals surface area contributed by atoms with Crippen molar-refractivity contribution in [2.45, 2.75) is 17.2 Å². The molecule has 140 valence electrons. The van der Waals surface area contributed by atoms with Crippen molar-refractivity contribution in [3.8, 4) is 0 Å². The summed E-state index contributed by atoms with van der Waals surface area (Å²) >= 11 is 1.21. The van der Waals surface area contributed by atoms with E-state index < -0.39 is 10.0 Å². The van der Waals surface area contributed by atoms with E-state index in [1.807, 2.05) is 6.92 Å². The van der Waals surface area contributed by atoms with Gasteiger partial charge in [0.25, 0.3) is 15.9 Å². The fourth-order valence-electron chi connectivity index (χ4n) is 2.95. The Morgan fingerprint density at radius 1 is 1.23 bits per heavy atom. The Kier molecular flexibility index (Phi) is 5.71. The molecule has 2 aromatic rings. The van der Waals surface area contributed by atoms with Gasteiger partial charge in [-0.05, 0) is 42.6 Å². The van der Waals surface area contributed by atoms with Crippen molar-refractivity contribution in [2.24, 2.45) is 0 Å². The highest BCUT2D eigenvalue weighted by molar-refractivity contribution is 7.91. The summed E-state index contributed by atoms with van der Waals surface area (Å²) in [5.74, 6) is -0.522.